The van der Waals surface area contributed by atoms with Crippen molar-refractivity contribution >= 4 is 39.9 Å². The highest BCUT2D eigenvalue weighted by Gasteiger charge is 2.32. The molecule has 0 atom stereocenters. The quantitative estimate of drug-likeness (QED) is 0.471. The average molecular weight is 474 g/mol. The van der Waals surface area contributed by atoms with Crippen LogP contribution in [-0.4, -0.2) is 29.8 Å². The summed E-state index contributed by atoms with van der Waals surface area (Å²) in [5.74, 6) is 0.967. The van der Waals surface area contributed by atoms with Crippen LogP contribution < -0.4 is 10.6 Å². The maximum Gasteiger partial charge on any atom is 0.421 e. The van der Waals surface area contributed by atoms with Crippen LogP contribution in [-0.2, 0) is 9.47 Å². The molecular formula is C25H35N3O4S. The van der Waals surface area contributed by atoms with Crippen molar-refractivity contribution in [3.8, 4) is 0 Å². The Balaban J connectivity index is 2.01. The fraction of sp³-hybridized carbons (Fsp3) is 0.560. The minimum atomic E-state index is -0.696. The number of rotatable bonds is 6. The zero-order valence-corrected chi connectivity index (χ0v) is 21.0. The Morgan fingerprint density at radius 3 is 2.48 bits per heavy atom. The van der Waals surface area contributed by atoms with E-state index < -0.39 is 11.7 Å². The molecule has 0 radical (unpaired) electrons. The lowest BCUT2D eigenvalue weighted by Crippen LogP contribution is -2.34. The van der Waals surface area contributed by atoms with E-state index in [1.165, 1.54) is 36.2 Å². The van der Waals surface area contributed by atoms with Gasteiger partial charge in [0.15, 0.2) is 0 Å². The molecule has 1 aliphatic carbocycles. The monoisotopic (exact) mass is 473 g/mol. The molecule has 0 aromatic carbocycles. The molecule has 3 rings (SSSR count). The number of hydrogen-bond acceptors (Lipinski definition) is 7. The molecule has 2 heterocycles. The van der Waals surface area contributed by atoms with E-state index in [4.69, 9.17) is 15.2 Å². The van der Waals surface area contributed by atoms with Gasteiger partial charge in [-0.3, -0.25) is 0 Å². The maximum atomic E-state index is 13.2. The molecule has 2 N–H and O–H groups in total. The number of esters is 1. The molecule has 8 heteroatoms. The molecule has 0 unspecified atom stereocenters. The van der Waals surface area contributed by atoms with Gasteiger partial charge in [0.1, 0.15) is 21.3 Å². The number of nitrogens with zero attached hydrogens (tertiary/aromatic N) is 2. The van der Waals surface area contributed by atoms with E-state index >= 15 is 0 Å². The van der Waals surface area contributed by atoms with Crippen LogP contribution in [0.5, 0.6) is 0 Å². The summed E-state index contributed by atoms with van der Waals surface area (Å²) in [4.78, 5) is 32.2. The van der Waals surface area contributed by atoms with Gasteiger partial charge in [-0.25, -0.2) is 19.5 Å². The predicted molar refractivity (Wildman–Crippen MR) is 132 cm³/mol. The molecule has 33 heavy (non-hydrogen) atoms. The largest absolute Gasteiger partial charge is 0.465 e. The van der Waals surface area contributed by atoms with Crippen LogP contribution in [0.15, 0.2) is 24.4 Å². The first-order valence-corrected chi connectivity index (χ1v) is 12.4. The van der Waals surface area contributed by atoms with Gasteiger partial charge < -0.3 is 15.2 Å². The van der Waals surface area contributed by atoms with Crippen molar-refractivity contribution in [3.63, 3.8) is 0 Å². The Morgan fingerprint density at radius 1 is 1.21 bits per heavy atom. The molecule has 180 valence electrons. The summed E-state index contributed by atoms with van der Waals surface area (Å²) in [6.07, 6.45) is 7.77. The van der Waals surface area contributed by atoms with E-state index in [9.17, 15) is 9.59 Å². The Bertz CT molecular complexity index is 974. The van der Waals surface area contributed by atoms with E-state index in [1.54, 1.807) is 18.3 Å². The van der Waals surface area contributed by atoms with Crippen molar-refractivity contribution in [2.75, 3.05) is 17.7 Å². The number of carbonyl (C=O) groups excluding carboxylic acids is 2. The van der Waals surface area contributed by atoms with Crippen molar-refractivity contribution in [2.24, 2.45) is 5.92 Å². The third-order valence-electron chi connectivity index (χ3n) is 5.90. The highest BCUT2D eigenvalue weighted by Crippen LogP contribution is 2.44. The molecule has 7 nitrogen and oxygen atoms in total. The standard InChI is InChI=1S/C25H35N3O4S/c1-6-7-16-8-10-17(11-9-16)19-15-21(33-22(19)23(29)31-5)28(24(30)32-25(2,3)4)20-14-18(26)12-13-27-20/h12-17H,6-11H2,1-5H3,(H2,26,27). The number of amides is 1. The van der Waals surface area contributed by atoms with Crippen LogP contribution in [0.1, 0.15) is 87.4 Å². The molecule has 1 saturated carbocycles. The van der Waals surface area contributed by atoms with Crippen molar-refractivity contribution in [2.45, 2.75) is 77.7 Å². The Kier molecular flexibility index (Phi) is 8.00. The van der Waals surface area contributed by atoms with Gasteiger partial charge in [-0.05, 0) is 76.0 Å². The third-order valence-corrected chi connectivity index (χ3v) is 7.01. The predicted octanol–water partition coefficient (Wildman–Crippen LogP) is 6.66. The molecule has 0 spiro atoms. The normalized spacial score (nSPS) is 18.6. The minimum absolute atomic E-state index is 0.256. The molecule has 2 aromatic rings. The lowest BCUT2D eigenvalue weighted by Gasteiger charge is -2.28. The van der Waals surface area contributed by atoms with Crippen LogP contribution in [0, 0.1) is 5.92 Å². The highest BCUT2D eigenvalue weighted by molar-refractivity contribution is 7.18. The molecule has 2 aromatic heterocycles. The first-order chi connectivity index (χ1) is 15.6. The van der Waals surface area contributed by atoms with Crippen molar-refractivity contribution < 1.29 is 19.1 Å². The van der Waals surface area contributed by atoms with E-state index in [1.807, 2.05) is 26.8 Å². The molecule has 1 aliphatic rings. The fourth-order valence-corrected chi connectivity index (χ4v) is 5.55. The van der Waals surface area contributed by atoms with Gasteiger partial charge in [0.2, 0.25) is 0 Å². The third kappa shape index (κ3) is 6.25. The van der Waals surface area contributed by atoms with Crippen LogP contribution >= 0.6 is 11.3 Å². The van der Waals surface area contributed by atoms with Gasteiger partial charge in [0.05, 0.1) is 7.11 Å². The molecule has 0 saturated heterocycles. The average Bonchev–Trinajstić information content (AvgIpc) is 3.17. The molecule has 1 amide bonds. The number of anilines is 3. The zero-order chi connectivity index (χ0) is 24.2. The number of thiophene rings is 1. The second-order valence-corrected chi connectivity index (χ2v) is 10.7. The minimum Gasteiger partial charge on any atom is -0.465 e. The first-order valence-electron chi connectivity index (χ1n) is 11.6. The molecular weight excluding hydrogens is 438 g/mol. The first kappa shape index (κ1) is 25.0. The van der Waals surface area contributed by atoms with Gasteiger partial charge in [0.25, 0.3) is 0 Å². The van der Waals surface area contributed by atoms with Crippen molar-refractivity contribution in [3.05, 3.63) is 34.8 Å². The van der Waals surface area contributed by atoms with E-state index in [0.717, 1.165) is 37.2 Å². The van der Waals surface area contributed by atoms with E-state index in [0.29, 0.717) is 21.4 Å². The second-order valence-electron chi connectivity index (χ2n) is 9.63. The summed E-state index contributed by atoms with van der Waals surface area (Å²) in [6, 6.07) is 5.21. The van der Waals surface area contributed by atoms with Gasteiger partial charge >= 0.3 is 12.1 Å². The van der Waals surface area contributed by atoms with Gasteiger partial charge in [-0.2, -0.15) is 0 Å². The summed E-state index contributed by atoms with van der Waals surface area (Å²) in [6.45, 7) is 7.65. The Morgan fingerprint density at radius 2 is 1.91 bits per heavy atom. The van der Waals surface area contributed by atoms with Crippen molar-refractivity contribution in [1.29, 1.82) is 0 Å². The maximum absolute atomic E-state index is 13.2. The number of nitrogens with two attached hydrogens (primary N) is 1. The molecule has 0 bridgehead atoms. The van der Waals surface area contributed by atoms with E-state index in [-0.39, 0.29) is 11.9 Å². The summed E-state index contributed by atoms with van der Waals surface area (Å²) in [5, 5.41) is 0.563. The van der Waals surface area contributed by atoms with Crippen LogP contribution in [0.2, 0.25) is 0 Å². The molecule has 0 aliphatic heterocycles. The van der Waals surface area contributed by atoms with Crippen LogP contribution in [0.25, 0.3) is 0 Å². The number of hydrogen-bond donors (Lipinski definition) is 1. The Hall–Kier alpha value is -2.61. The van der Waals surface area contributed by atoms with Crippen LogP contribution in [0.4, 0.5) is 21.3 Å². The number of ether oxygens (including phenoxy) is 2. The SMILES string of the molecule is CCCC1CCC(c2cc(N(C(=O)OC(C)(C)C)c3cc(N)ccn3)sc2C(=O)OC)CC1. The lowest BCUT2D eigenvalue weighted by atomic mass is 9.77. The number of carbonyl (C=O) groups is 2. The topological polar surface area (TPSA) is 94.8 Å². The number of methoxy groups -OCH3 is 1. The zero-order valence-electron chi connectivity index (χ0n) is 20.2. The fourth-order valence-electron chi connectivity index (χ4n) is 4.39. The lowest BCUT2D eigenvalue weighted by molar-refractivity contribution is 0.0590. The number of aromatic nitrogens is 1. The van der Waals surface area contributed by atoms with Crippen molar-refractivity contribution in [1.82, 2.24) is 4.98 Å². The molecule has 1 fully saturated rings. The summed E-state index contributed by atoms with van der Waals surface area (Å²) in [5.41, 5.74) is 6.69. The smallest absolute Gasteiger partial charge is 0.421 e. The van der Waals surface area contributed by atoms with Crippen LogP contribution in [0.3, 0.4) is 0 Å². The van der Waals surface area contributed by atoms with E-state index in [2.05, 4.69) is 11.9 Å². The van der Waals surface area contributed by atoms with Gasteiger partial charge in [0, 0.05) is 18.0 Å². The number of nitrogen functional groups attached to an aromatic ring is 1. The highest BCUT2D eigenvalue weighted by atomic mass is 32.1. The summed E-state index contributed by atoms with van der Waals surface area (Å²) in [7, 11) is 1.38. The Labute approximate surface area is 200 Å². The summed E-state index contributed by atoms with van der Waals surface area (Å²) < 4.78 is 10.8. The summed E-state index contributed by atoms with van der Waals surface area (Å²) >= 11 is 1.23. The van der Waals surface area contributed by atoms with Gasteiger partial charge in [-0.15, -0.1) is 11.3 Å². The van der Waals surface area contributed by atoms with Gasteiger partial charge in [-0.1, -0.05) is 19.8 Å². The second kappa shape index (κ2) is 10.5. The number of pyridine rings is 1.